The first kappa shape index (κ1) is 16.0. The maximum atomic E-state index is 12.2. The quantitative estimate of drug-likeness (QED) is 0.928. The Kier molecular flexibility index (Phi) is 4.43. The summed E-state index contributed by atoms with van der Waals surface area (Å²) in [5.74, 6) is 0.672. The van der Waals surface area contributed by atoms with Gasteiger partial charge in [-0.3, -0.25) is 4.79 Å². The van der Waals surface area contributed by atoms with Gasteiger partial charge in [-0.15, -0.1) is 0 Å². The summed E-state index contributed by atoms with van der Waals surface area (Å²) in [7, 11) is 0. The maximum Gasteiger partial charge on any atom is 0.223 e. The summed E-state index contributed by atoms with van der Waals surface area (Å²) in [5.41, 5.74) is 10.1. The van der Waals surface area contributed by atoms with E-state index in [1.54, 1.807) is 0 Å². The molecule has 0 bridgehead atoms. The van der Waals surface area contributed by atoms with E-state index in [-0.39, 0.29) is 17.4 Å². The number of hydrogen-bond donors (Lipinski definition) is 1. The second-order valence-electron chi connectivity index (χ2n) is 7.59. The molecule has 0 aliphatic carbocycles. The number of benzene rings is 1. The molecule has 1 heterocycles. The standard InChI is InChI=1S/C18H28N2O/c1-12-6-13(2)8-14(7-12)16(19)11-20-10-15(9-17(20)21)18(3,4)5/h6-8,15-16H,9-11,19H2,1-5H3. The maximum absolute atomic E-state index is 12.2. The molecule has 0 spiro atoms. The molecular formula is C18H28N2O. The molecule has 0 radical (unpaired) electrons. The summed E-state index contributed by atoms with van der Waals surface area (Å²) in [6.45, 7) is 12.2. The van der Waals surface area contributed by atoms with Gasteiger partial charge in [0.25, 0.3) is 0 Å². The summed E-state index contributed by atoms with van der Waals surface area (Å²) in [4.78, 5) is 14.1. The van der Waals surface area contributed by atoms with Crippen molar-refractivity contribution in [1.29, 1.82) is 0 Å². The number of hydrogen-bond acceptors (Lipinski definition) is 2. The Balaban J connectivity index is 2.06. The number of amides is 1. The molecule has 1 aromatic rings. The first-order chi connectivity index (χ1) is 9.66. The molecule has 3 heteroatoms. The number of rotatable bonds is 3. The molecule has 0 saturated carbocycles. The van der Waals surface area contributed by atoms with Crippen LogP contribution in [0.4, 0.5) is 0 Å². The molecule has 1 fully saturated rings. The van der Waals surface area contributed by atoms with E-state index in [0.29, 0.717) is 18.9 Å². The van der Waals surface area contributed by atoms with Crippen LogP contribution in [0.5, 0.6) is 0 Å². The number of nitrogens with two attached hydrogens (primary N) is 1. The topological polar surface area (TPSA) is 46.3 Å². The Morgan fingerprint density at radius 1 is 1.24 bits per heavy atom. The highest BCUT2D eigenvalue weighted by atomic mass is 16.2. The van der Waals surface area contributed by atoms with Gasteiger partial charge in [0.15, 0.2) is 0 Å². The minimum atomic E-state index is -0.105. The third kappa shape index (κ3) is 3.85. The fourth-order valence-electron chi connectivity index (χ4n) is 3.10. The van der Waals surface area contributed by atoms with E-state index in [4.69, 9.17) is 5.73 Å². The minimum absolute atomic E-state index is 0.105. The lowest BCUT2D eigenvalue weighted by Gasteiger charge is -2.27. The van der Waals surface area contributed by atoms with Crippen molar-refractivity contribution in [1.82, 2.24) is 4.90 Å². The number of likely N-dealkylation sites (tertiary alicyclic amines) is 1. The van der Waals surface area contributed by atoms with E-state index in [2.05, 4.69) is 52.8 Å². The van der Waals surface area contributed by atoms with Crippen LogP contribution in [-0.4, -0.2) is 23.9 Å². The van der Waals surface area contributed by atoms with Gasteiger partial charge in [-0.1, -0.05) is 50.1 Å². The predicted octanol–water partition coefficient (Wildman–Crippen LogP) is 3.20. The Morgan fingerprint density at radius 2 is 1.81 bits per heavy atom. The third-order valence-corrected chi connectivity index (χ3v) is 4.53. The van der Waals surface area contributed by atoms with Crippen molar-refractivity contribution in [2.24, 2.45) is 17.1 Å². The molecule has 2 rings (SSSR count). The lowest BCUT2D eigenvalue weighted by molar-refractivity contribution is -0.128. The first-order valence-electron chi connectivity index (χ1n) is 7.78. The van der Waals surface area contributed by atoms with Crippen LogP contribution in [0.3, 0.4) is 0 Å². The van der Waals surface area contributed by atoms with Gasteiger partial charge in [0.05, 0.1) is 0 Å². The average Bonchev–Trinajstić information content (AvgIpc) is 2.69. The number of nitrogens with zero attached hydrogens (tertiary/aromatic N) is 1. The summed E-state index contributed by atoms with van der Waals surface area (Å²) in [6, 6.07) is 6.29. The zero-order valence-corrected chi connectivity index (χ0v) is 13.9. The lowest BCUT2D eigenvalue weighted by atomic mass is 9.80. The highest BCUT2D eigenvalue weighted by Crippen LogP contribution is 2.34. The Morgan fingerprint density at radius 3 is 2.29 bits per heavy atom. The molecule has 21 heavy (non-hydrogen) atoms. The average molecular weight is 288 g/mol. The van der Waals surface area contributed by atoms with Crippen LogP contribution in [0.2, 0.25) is 0 Å². The van der Waals surface area contributed by atoms with E-state index < -0.39 is 0 Å². The minimum Gasteiger partial charge on any atom is -0.340 e. The van der Waals surface area contributed by atoms with E-state index in [0.717, 1.165) is 12.1 Å². The Hall–Kier alpha value is -1.35. The molecule has 2 N–H and O–H groups in total. The van der Waals surface area contributed by atoms with Crippen LogP contribution in [0.15, 0.2) is 18.2 Å². The molecule has 0 aromatic heterocycles. The first-order valence-corrected chi connectivity index (χ1v) is 7.78. The van der Waals surface area contributed by atoms with Gasteiger partial charge in [-0.05, 0) is 30.7 Å². The van der Waals surface area contributed by atoms with Crippen LogP contribution in [0.25, 0.3) is 0 Å². The van der Waals surface area contributed by atoms with E-state index >= 15 is 0 Å². The van der Waals surface area contributed by atoms with Gasteiger partial charge in [0.1, 0.15) is 0 Å². The molecule has 1 aliphatic heterocycles. The second kappa shape index (κ2) is 5.80. The normalized spacial score (nSPS) is 21.0. The highest BCUT2D eigenvalue weighted by Gasteiger charge is 2.37. The van der Waals surface area contributed by atoms with Crippen molar-refractivity contribution in [2.45, 2.75) is 47.1 Å². The van der Waals surface area contributed by atoms with Gasteiger partial charge in [0, 0.05) is 25.6 Å². The summed E-state index contributed by atoms with van der Waals surface area (Å²) >= 11 is 0. The molecule has 1 saturated heterocycles. The number of carbonyl (C=O) groups excluding carboxylic acids is 1. The van der Waals surface area contributed by atoms with Crippen molar-refractivity contribution in [3.63, 3.8) is 0 Å². The third-order valence-electron chi connectivity index (χ3n) is 4.53. The molecule has 1 aliphatic rings. The molecule has 3 nitrogen and oxygen atoms in total. The van der Waals surface area contributed by atoms with Crippen molar-refractivity contribution < 1.29 is 4.79 Å². The van der Waals surface area contributed by atoms with Gasteiger partial charge in [-0.25, -0.2) is 0 Å². The molecule has 1 amide bonds. The fourth-order valence-corrected chi connectivity index (χ4v) is 3.10. The van der Waals surface area contributed by atoms with Crippen LogP contribution in [-0.2, 0) is 4.79 Å². The Labute approximate surface area is 128 Å². The van der Waals surface area contributed by atoms with Crippen molar-refractivity contribution in [2.75, 3.05) is 13.1 Å². The van der Waals surface area contributed by atoms with Gasteiger partial charge < -0.3 is 10.6 Å². The predicted molar refractivity (Wildman–Crippen MR) is 87.0 cm³/mol. The second-order valence-corrected chi connectivity index (χ2v) is 7.59. The molecular weight excluding hydrogens is 260 g/mol. The summed E-state index contributed by atoms with van der Waals surface area (Å²) in [5, 5.41) is 0. The van der Waals surface area contributed by atoms with Gasteiger partial charge in [0.2, 0.25) is 5.91 Å². The molecule has 2 unspecified atom stereocenters. The van der Waals surface area contributed by atoms with Crippen molar-refractivity contribution >= 4 is 5.91 Å². The number of aryl methyl sites for hydroxylation is 2. The van der Waals surface area contributed by atoms with E-state index in [1.165, 1.54) is 11.1 Å². The van der Waals surface area contributed by atoms with E-state index in [1.807, 2.05) is 4.90 Å². The Bertz CT molecular complexity index is 510. The SMILES string of the molecule is Cc1cc(C)cc(C(N)CN2CC(C(C)(C)C)CC2=O)c1. The largest absolute Gasteiger partial charge is 0.340 e. The monoisotopic (exact) mass is 288 g/mol. The zero-order chi connectivity index (χ0) is 15.8. The summed E-state index contributed by atoms with van der Waals surface area (Å²) in [6.07, 6.45) is 0.656. The van der Waals surface area contributed by atoms with Crippen LogP contribution in [0, 0.1) is 25.2 Å². The fraction of sp³-hybridized carbons (Fsp3) is 0.611. The summed E-state index contributed by atoms with van der Waals surface area (Å²) < 4.78 is 0. The number of carbonyl (C=O) groups is 1. The van der Waals surface area contributed by atoms with Crippen LogP contribution < -0.4 is 5.73 Å². The molecule has 1 aromatic carbocycles. The van der Waals surface area contributed by atoms with Crippen LogP contribution in [0.1, 0.15) is 49.9 Å². The van der Waals surface area contributed by atoms with Crippen molar-refractivity contribution in [3.05, 3.63) is 34.9 Å². The smallest absolute Gasteiger partial charge is 0.223 e. The molecule has 2 atom stereocenters. The van der Waals surface area contributed by atoms with Crippen molar-refractivity contribution in [3.8, 4) is 0 Å². The highest BCUT2D eigenvalue weighted by molar-refractivity contribution is 5.78. The lowest BCUT2D eigenvalue weighted by Crippen LogP contribution is -2.34. The van der Waals surface area contributed by atoms with Crippen LogP contribution >= 0.6 is 0 Å². The zero-order valence-electron chi connectivity index (χ0n) is 13.9. The molecule has 116 valence electrons. The van der Waals surface area contributed by atoms with E-state index in [9.17, 15) is 4.79 Å². The van der Waals surface area contributed by atoms with Gasteiger partial charge >= 0.3 is 0 Å². The van der Waals surface area contributed by atoms with Gasteiger partial charge in [-0.2, -0.15) is 0 Å².